The third-order valence-electron chi connectivity index (χ3n) is 3.48. The van der Waals surface area contributed by atoms with Crippen molar-refractivity contribution in [2.24, 2.45) is 0 Å². The van der Waals surface area contributed by atoms with E-state index in [4.69, 9.17) is 0 Å². The molecule has 0 aliphatic heterocycles. The minimum Gasteiger partial charge on any atom is -0.291 e. The Balaban J connectivity index is 1.77. The number of aromatic nitrogens is 3. The molecule has 124 valence electrons. The highest BCUT2D eigenvalue weighted by Gasteiger charge is 2.15. The smallest absolute Gasteiger partial charge is 0.240 e. The van der Waals surface area contributed by atoms with Crippen molar-refractivity contribution in [2.75, 3.05) is 0 Å². The third-order valence-corrected chi connectivity index (χ3v) is 4.88. The first-order chi connectivity index (χ1) is 11.5. The Labute approximate surface area is 139 Å². The molecule has 0 aliphatic rings. The number of hydrogen-bond donors (Lipinski definition) is 1. The van der Waals surface area contributed by atoms with E-state index in [1.165, 1.54) is 19.1 Å². The summed E-state index contributed by atoms with van der Waals surface area (Å²) in [6.45, 7) is 1.62. The Hall–Kier alpha value is -2.58. The molecule has 2 aromatic heterocycles. The van der Waals surface area contributed by atoms with Gasteiger partial charge in [-0.25, -0.2) is 27.5 Å². The van der Waals surface area contributed by atoms with E-state index < -0.39 is 15.8 Å². The number of hydrogen-bond acceptors (Lipinski definition) is 4. The summed E-state index contributed by atoms with van der Waals surface area (Å²) >= 11 is 0. The van der Waals surface area contributed by atoms with Crippen LogP contribution in [0.2, 0.25) is 0 Å². The Morgan fingerprint density at radius 1 is 1.21 bits per heavy atom. The summed E-state index contributed by atoms with van der Waals surface area (Å²) in [5, 5.41) is 0. The van der Waals surface area contributed by atoms with Gasteiger partial charge in [-0.1, -0.05) is 0 Å². The SMILES string of the molecule is Cc1cc(S(=O)(=O)NCc2ccnc(-n3ccnc3)c2)ccc1F. The lowest BCUT2D eigenvalue weighted by Gasteiger charge is -2.09. The fourth-order valence-corrected chi connectivity index (χ4v) is 3.25. The molecule has 0 atom stereocenters. The van der Waals surface area contributed by atoms with E-state index in [-0.39, 0.29) is 17.0 Å². The highest BCUT2D eigenvalue weighted by atomic mass is 32.2. The summed E-state index contributed by atoms with van der Waals surface area (Å²) in [6, 6.07) is 7.18. The van der Waals surface area contributed by atoms with Gasteiger partial charge in [0.15, 0.2) is 0 Å². The van der Waals surface area contributed by atoms with Gasteiger partial charge in [0.05, 0.1) is 4.90 Å². The van der Waals surface area contributed by atoms with E-state index in [9.17, 15) is 12.8 Å². The number of pyridine rings is 1. The quantitative estimate of drug-likeness (QED) is 0.768. The molecule has 0 radical (unpaired) electrons. The molecule has 0 fully saturated rings. The van der Waals surface area contributed by atoms with Crippen molar-refractivity contribution in [1.82, 2.24) is 19.3 Å². The van der Waals surface area contributed by atoms with Crippen LogP contribution >= 0.6 is 0 Å². The summed E-state index contributed by atoms with van der Waals surface area (Å²) in [5.74, 6) is 0.204. The van der Waals surface area contributed by atoms with Gasteiger partial charge in [-0.3, -0.25) is 4.57 Å². The molecule has 0 saturated heterocycles. The molecule has 1 N–H and O–H groups in total. The number of aryl methyl sites for hydroxylation is 1. The van der Waals surface area contributed by atoms with Crippen molar-refractivity contribution >= 4 is 10.0 Å². The Morgan fingerprint density at radius 3 is 2.75 bits per heavy atom. The van der Waals surface area contributed by atoms with Gasteiger partial charge < -0.3 is 0 Å². The van der Waals surface area contributed by atoms with Gasteiger partial charge >= 0.3 is 0 Å². The van der Waals surface area contributed by atoms with Gasteiger partial charge in [-0.2, -0.15) is 0 Å². The number of rotatable bonds is 5. The summed E-state index contributed by atoms with van der Waals surface area (Å²) in [4.78, 5) is 8.19. The Bertz CT molecular complexity index is 956. The van der Waals surface area contributed by atoms with E-state index in [1.807, 2.05) is 0 Å². The number of sulfonamides is 1. The average molecular weight is 346 g/mol. The van der Waals surface area contributed by atoms with Gasteiger partial charge in [0.1, 0.15) is 18.0 Å². The van der Waals surface area contributed by atoms with Gasteiger partial charge in [0.25, 0.3) is 0 Å². The number of halogens is 1. The molecule has 0 bridgehead atoms. The second-order valence-electron chi connectivity index (χ2n) is 5.23. The maximum absolute atomic E-state index is 13.3. The van der Waals surface area contributed by atoms with E-state index in [0.29, 0.717) is 5.82 Å². The lowest BCUT2D eigenvalue weighted by Crippen LogP contribution is -2.23. The summed E-state index contributed by atoms with van der Waals surface area (Å²) in [6.07, 6.45) is 6.59. The van der Waals surface area contributed by atoms with Crippen LogP contribution < -0.4 is 4.72 Å². The highest BCUT2D eigenvalue weighted by Crippen LogP contribution is 2.15. The number of nitrogens with one attached hydrogen (secondary N) is 1. The number of imidazole rings is 1. The van der Waals surface area contributed by atoms with Gasteiger partial charge in [-0.05, 0) is 48.4 Å². The van der Waals surface area contributed by atoms with E-state index in [1.54, 1.807) is 41.6 Å². The first-order valence-electron chi connectivity index (χ1n) is 7.15. The molecule has 8 heteroatoms. The minimum absolute atomic E-state index is 0.0327. The molecular formula is C16H15FN4O2S. The zero-order valence-corrected chi connectivity index (χ0v) is 13.7. The van der Waals surface area contributed by atoms with Crippen molar-refractivity contribution in [3.8, 4) is 5.82 Å². The first kappa shape index (κ1) is 16.3. The van der Waals surface area contributed by atoms with Crippen molar-refractivity contribution in [2.45, 2.75) is 18.4 Å². The molecule has 2 heterocycles. The zero-order chi connectivity index (χ0) is 17.2. The normalized spacial score (nSPS) is 11.6. The predicted octanol–water partition coefficient (Wildman–Crippen LogP) is 2.19. The maximum atomic E-state index is 13.3. The van der Waals surface area contributed by atoms with E-state index >= 15 is 0 Å². The van der Waals surface area contributed by atoms with Crippen molar-refractivity contribution in [1.29, 1.82) is 0 Å². The zero-order valence-electron chi connectivity index (χ0n) is 12.8. The summed E-state index contributed by atoms with van der Waals surface area (Å²) in [5.41, 5.74) is 1.03. The van der Waals surface area contributed by atoms with Gasteiger partial charge in [0.2, 0.25) is 10.0 Å². The predicted molar refractivity (Wildman–Crippen MR) is 86.5 cm³/mol. The average Bonchev–Trinajstić information content (AvgIpc) is 3.10. The van der Waals surface area contributed by atoms with Gasteiger partial charge in [-0.15, -0.1) is 0 Å². The van der Waals surface area contributed by atoms with Crippen LogP contribution in [0.3, 0.4) is 0 Å². The minimum atomic E-state index is -3.72. The van der Waals surface area contributed by atoms with Crippen molar-refractivity contribution < 1.29 is 12.8 Å². The largest absolute Gasteiger partial charge is 0.291 e. The van der Waals surface area contributed by atoms with E-state index in [0.717, 1.165) is 11.6 Å². The molecule has 0 saturated carbocycles. The second kappa shape index (κ2) is 6.50. The van der Waals surface area contributed by atoms with Crippen LogP contribution in [0, 0.1) is 12.7 Å². The molecule has 1 aromatic carbocycles. The molecule has 6 nitrogen and oxygen atoms in total. The van der Waals surface area contributed by atoms with Crippen LogP contribution in [0.15, 0.2) is 60.1 Å². The lowest BCUT2D eigenvalue weighted by atomic mass is 10.2. The monoisotopic (exact) mass is 346 g/mol. The maximum Gasteiger partial charge on any atom is 0.240 e. The summed E-state index contributed by atoms with van der Waals surface area (Å²) in [7, 11) is -3.72. The molecule has 3 aromatic rings. The molecule has 3 rings (SSSR count). The topological polar surface area (TPSA) is 76.9 Å². The van der Waals surface area contributed by atoms with Crippen LogP contribution in [0.25, 0.3) is 5.82 Å². The Kier molecular flexibility index (Phi) is 4.41. The summed E-state index contributed by atoms with van der Waals surface area (Å²) < 4.78 is 42.2. The fourth-order valence-electron chi connectivity index (χ4n) is 2.15. The molecule has 0 amide bonds. The van der Waals surface area contributed by atoms with Crippen LogP contribution in [0.4, 0.5) is 4.39 Å². The second-order valence-corrected chi connectivity index (χ2v) is 6.99. The van der Waals surface area contributed by atoms with Crippen LogP contribution in [0.5, 0.6) is 0 Å². The molecule has 0 unspecified atom stereocenters. The molecule has 0 aliphatic carbocycles. The van der Waals surface area contributed by atoms with Crippen LogP contribution in [-0.2, 0) is 16.6 Å². The fraction of sp³-hybridized carbons (Fsp3) is 0.125. The molecule has 24 heavy (non-hydrogen) atoms. The Morgan fingerprint density at radius 2 is 2.04 bits per heavy atom. The number of benzene rings is 1. The highest BCUT2D eigenvalue weighted by molar-refractivity contribution is 7.89. The van der Waals surface area contributed by atoms with Crippen molar-refractivity contribution in [3.05, 3.63) is 72.2 Å². The lowest BCUT2D eigenvalue weighted by molar-refractivity contribution is 0.579. The van der Waals surface area contributed by atoms with Gasteiger partial charge in [0, 0.05) is 25.1 Å². The van der Waals surface area contributed by atoms with Crippen molar-refractivity contribution in [3.63, 3.8) is 0 Å². The van der Waals surface area contributed by atoms with E-state index in [2.05, 4.69) is 14.7 Å². The molecule has 0 spiro atoms. The first-order valence-corrected chi connectivity index (χ1v) is 8.63. The third kappa shape index (κ3) is 3.50. The standard InChI is InChI=1S/C16H15FN4O2S/c1-12-8-14(2-3-15(12)17)24(22,23)20-10-13-4-5-19-16(9-13)21-7-6-18-11-21/h2-9,11,20H,10H2,1H3. The van der Waals surface area contributed by atoms with Crippen LogP contribution in [-0.4, -0.2) is 23.0 Å². The number of nitrogens with zero attached hydrogens (tertiary/aromatic N) is 3. The van der Waals surface area contributed by atoms with Crippen LogP contribution in [0.1, 0.15) is 11.1 Å². The molecular weight excluding hydrogens is 331 g/mol.